The third-order valence-corrected chi connectivity index (χ3v) is 4.03. The van der Waals surface area contributed by atoms with E-state index in [1.165, 1.54) is 19.2 Å². The molecule has 2 N–H and O–H groups in total. The van der Waals surface area contributed by atoms with Crippen molar-refractivity contribution in [2.45, 2.75) is 6.54 Å². The van der Waals surface area contributed by atoms with Gasteiger partial charge in [0.2, 0.25) is 5.95 Å². The van der Waals surface area contributed by atoms with Crippen molar-refractivity contribution in [1.29, 1.82) is 0 Å². The third kappa shape index (κ3) is 4.34. The number of aliphatic imine (C=N–C) groups is 1. The lowest BCUT2D eigenvalue weighted by atomic mass is 10.2. The number of guanidine groups is 1. The quantitative estimate of drug-likeness (QED) is 0.664. The van der Waals surface area contributed by atoms with Crippen LogP contribution >= 0.6 is 0 Å². The zero-order chi connectivity index (χ0) is 17.6. The number of piperazine rings is 1. The number of nitrogens with zero attached hydrogens (tertiary/aromatic N) is 5. The zero-order valence-electron chi connectivity index (χ0n) is 14.1. The number of halogens is 1. The summed E-state index contributed by atoms with van der Waals surface area (Å²) in [6, 6.07) is 6.32. The second-order valence-corrected chi connectivity index (χ2v) is 5.70. The first-order valence-electron chi connectivity index (χ1n) is 8.06. The molecule has 7 nitrogen and oxygen atoms in total. The molecule has 1 aromatic carbocycles. The molecule has 1 saturated heterocycles. The van der Waals surface area contributed by atoms with Crippen LogP contribution in [0.3, 0.4) is 0 Å². The Morgan fingerprint density at radius 2 is 1.92 bits per heavy atom. The Hall–Kier alpha value is -2.90. The maximum atomic E-state index is 13.5. The molecule has 132 valence electrons. The van der Waals surface area contributed by atoms with E-state index in [4.69, 9.17) is 10.5 Å². The SMILES string of the molecule is COc1cc(F)cc(CN=C(N)N2CCN(c3ncccn3)CC2)c1. The highest BCUT2D eigenvalue weighted by Crippen LogP contribution is 2.17. The number of nitrogens with two attached hydrogens (primary N) is 1. The molecule has 0 spiro atoms. The summed E-state index contributed by atoms with van der Waals surface area (Å²) in [6.45, 7) is 3.32. The van der Waals surface area contributed by atoms with E-state index in [-0.39, 0.29) is 5.82 Å². The minimum Gasteiger partial charge on any atom is -0.497 e. The average molecular weight is 344 g/mol. The van der Waals surface area contributed by atoms with Gasteiger partial charge in [0.1, 0.15) is 11.6 Å². The molecule has 1 aliphatic rings. The Morgan fingerprint density at radius 1 is 1.20 bits per heavy atom. The summed E-state index contributed by atoms with van der Waals surface area (Å²) >= 11 is 0. The second-order valence-electron chi connectivity index (χ2n) is 5.70. The van der Waals surface area contributed by atoms with Crippen LogP contribution in [0.1, 0.15) is 5.56 Å². The summed E-state index contributed by atoms with van der Waals surface area (Å²) in [5.74, 6) is 1.31. The fourth-order valence-corrected chi connectivity index (χ4v) is 2.69. The highest BCUT2D eigenvalue weighted by atomic mass is 19.1. The van der Waals surface area contributed by atoms with Gasteiger partial charge < -0.3 is 20.3 Å². The fourth-order valence-electron chi connectivity index (χ4n) is 2.69. The molecule has 0 unspecified atom stereocenters. The van der Waals surface area contributed by atoms with Crippen LogP contribution in [0.4, 0.5) is 10.3 Å². The van der Waals surface area contributed by atoms with E-state index in [1.807, 2.05) is 4.90 Å². The van der Waals surface area contributed by atoms with E-state index in [9.17, 15) is 4.39 Å². The van der Waals surface area contributed by atoms with Crippen LogP contribution in [-0.2, 0) is 6.54 Å². The van der Waals surface area contributed by atoms with Gasteiger partial charge in [-0.05, 0) is 23.8 Å². The summed E-state index contributed by atoms with van der Waals surface area (Å²) < 4.78 is 18.6. The molecular formula is C17H21FN6O. The number of hydrogen-bond donors (Lipinski definition) is 1. The Morgan fingerprint density at radius 3 is 2.60 bits per heavy atom. The molecule has 0 radical (unpaired) electrons. The van der Waals surface area contributed by atoms with Crippen molar-refractivity contribution in [2.24, 2.45) is 10.7 Å². The minimum atomic E-state index is -0.348. The van der Waals surface area contributed by atoms with Crippen LogP contribution in [-0.4, -0.2) is 54.1 Å². The van der Waals surface area contributed by atoms with Gasteiger partial charge in [-0.3, -0.25) is 0 Å². The monoisotopic (exact) mass is 344 g/mol. The van der Waals surface area contributed by atoms with E-state index in [0.29, 0.717) is 18.3 Å². The summed E-state index contributed by atoms with van der Waals surface area (Å²) in [7, 11) is 1.51. The molecule has 25 heavy (non-hydrogen) atoms. The van der Waals surface area contributed by atoms with Crippen molar-refractivity contribution in [2.75, 3.05) is 38.2 Å². The Labute approximate surface area is 146 Å². The maximum absolute atomic E-state index is 13.5. The van der Waals surface area contributed by atoms with E-state index >= 15 is 0 Å². The first-order chi connectivity index (χ1) is 12.2. The van der Waals surface area contributed by atoms with Gasteiger partial charge in [-0.2, -0.15) is 0 Å². The lowest BCUT2D eigenvalue weighted by molar-refractivity contribution is 0.378. The Balaban J connectivity index is 1.58. The summed E-state index contributed by atoms with van der Waals surface area (Å²) in [6.07, 6.45) is 3.47. The van der Waals surface area contributed by atoms with E-state index < -0.39 is 0 Å². The Bertz CT molecular complexity index is 731. The predicted octanol–water partition coefficient (Wildman–Crippen LogP) is 1.26. The topological polar surface area (TPSA) is 79.9 Å². The number of hydrogen-bond acceptors (Lipinski definition) is 5. The lowest BCUT2D eigenvalue weighted by Gasteiger charge is -2.35. The predicted molar refractivity (Wildman–Crippen MR) is 94.1 cm³/mol. The largest absolute Gasteiger partial charge is 0.497 e. The van der Waals surface area contributed by atoms with Crippen molar-refractivity contribution >= 4 is 11.9 Å². The van der Waals surface area contributed by atoms with Crippen molar-refractivity contribution in [1.82, 2.24) is 14.9 Å². The van der Waals surface area contributed by atoms with E-state index in [1.54, 1.807) is 24.5 Å². The highest BCUT2D eigenvalue weighted by molar-refractivity contribution is 5.78. The van der Waals surface area contributed by atoms with Gasteiger partial charge in [0, 0.05) is 44.6 Å². The standard InChI is InChI=1S/C17H21FN6O/c1-25-15-10-13(9-14(18)11-15)12-22-16(19)23-5-7-24(8-6-23)17-20-3-2-4-21-17/h2-4,9-11H,5-8,12H2,1H3,(H2,19,22). The van der Waals surface area contributed by atoms with Gasteiger partial charge in [-0.1, -0.05) is 0 Å². The molecule has 1 aromatic heterocycles. The van der Waals surface area contributed by atoms with Crippen LogP contribution in [0.15, 0.2) is 41.7 Å². The van der Waals surface area contributed by atoms with Gasteiger partial charge in [0.05, 0.1) is 13.7 Å². The van der Waals surface area contributed by atoms with Crippen LogP contribution in [0.25, 0.3) is 0 Å². The zero-order valence-corrected chi connectivity index (χ0v) is 14.1. The maximum Gasteiger partial charge on any atom is 0.225 e. The van der Waals surface area contributed by atoms with Crippen LogP contribution in [0, 0.1) is 5.82 Å². The number of benzene rings is 1. The highest BCUT2D eigenvalue weighted by Gasteiger charge is 2.19. The number of rotatable bonds is 4. The smallest absolute Gasteiger partial charge is 0.225 e. The van der Waals surface area contributed by atoms with Gasteiger partial charge >= 0.3 is 0 Å². The van der Waals surface area contributed by atoms with Gasteiger partial charge in [-0.25, -0.2) is 19.4 Å². The molecular weight excluding hydrogens is 323 g/mol. The molecule has 0 aliphatic carbocycles. The molecule has 0 bridgehead atoms. The molecule has 3 rings (SSSR count). The molecule has 2 aromatic rings. The van der Waals surface area contributed by atoms with Gasteiger partial charge in [0.15, 0.2) is 5.96 Å². The Kier molecular flexibility index (Phi) is 5.27. The third-order valence-electron chi connectivity index (χ3n) is 4.03. The number of ether oxygens (including phenoxy) is 1. The first kappa shape index (κ1) is 16.9. The molecule has 0 saturated carbocycles. The summed E-state index contributed by atoms with van der Waals surface area (Å²) in [5.41, 5.74) is 6.81. The van der Waals surface area contributed by atoms with Crippen molar-refractivity contribution < 1.29 is 9.13 Å². The second kappa shape index (κ2) is 7.78. The average Bonchev–Trinajstić information content (AvgIpc) is 2.66. The molecule has 0 atom stereocenters. The first-order valence-corrected chi connectivity index (χ1v) is 8.06. The van der Waals surface area contributed by atoms with E-state index in [0.717, 1.165) is 37.7 Å². The van der Waals surface area contributed by atoms with Gasteiger partial charge in [-0.15, -0.1) is 0 Å². The number of anilines is 1. The van der Waals surface area contributed by atoms with Crippen molar-refractivity contribution in [3.63, 3.8) is 0 Å². The van der Waals surface area contributed by atoms with Crippen LogP contribution < -0.4 is 15.4 Å². The van der Waals surface area contributed by atoms with Crippen molar-refractivity contribution in [3.8, 4) is 5.75 Å². The fraction of sp³-hybridized carbons (Fsp3) is 0.353. The number of methoxy groups -OCH3 is 1. The summed E-state index contributed by atoms with van der Waals surface area (Å²) in [5, 5.41) is 0. The normalized spacial score (nSPS) is 15.4. The molecule has 0 amide bonds. The molecule has 1 aliphatic heterocycles. The van der Waals surface area contributed by atoms with E-state index in [2.05, 4.69) is 19.9 Å². The molecule has 1 fully saturated rings. The lowest BCUT2D eigenvalue weighted by Crippen LogP contribution is -2.51. The van der Waals surface area contributed by atoms with Crippen LogP contribution in [0.2, 0.25) is 0 Å². The minimum absolute atomic E-state index is 0.308. The van der Waals surface area contributed by atoms with Crippen molar-refractivity contribution in [3.05, 3.63) is 48.0 Å². The summed E-state index contributed by atoms with van der Waals surface area (Å²) in [4.78, 5) is 17.0. The van der Waals surface area contributed by atoms with Gasteiger partial charge in [0.25, 0.3) is 0 Å². The molecule has 8 heteroatoms. The molecule has 2 heterocycles. The van der Waals surface area contributed by atoms with Crippen LogP contribution in [0.5, 0.6) is 5.75 Å². The number of aromatic nitrogens is 2.